The molecular formula is C15H16FNO4. The maximum atomic E-state index is 13.9. The van der Waals surface area contributed by atoms with Crippen LogP contribution in [0.15, 0.2) is 24.3 Å². The molecule has 0 radical (unpaired) electrons. The van der Waals surface area contributed by atoms with E-state index in [2.05, 4.69) is 0 Å². The van der Waals surface area contributed by atoms with E-state index in [0.29, 0.717) is 0 Å². The summed E-state index contributed by atoms with van der Waals surface area (Å²) < 4.78 is 13.9. The molecule has 0 bridgehead atoms. The Bertz CT molecular complexity index is 581. The van der Waals surface area contributed by atoms with Crippen LogP contribution in [0.25, 0.3) is 6.08 Å². The number of halogens is 1. The fraction of sp³-hybridized carbons (Fsp3) is 0.333. The number of hydrogen-bond acceptors (Lipinski definition) is 3. The van der Waals surface area contributed by atoms with E-state index in [1.165, 1.54) is 12.1 Å². The van der Waals surface area contributed by atoms with Gasteiger partial charge in [0.15, 0.2) is 0 Å². The molecule has 1 fully saturated rings. The fourth-order valence-electron chi connectivity index (χ4n) is 2.07. The second-order valence-corrected chi connectivity index (χ2v) is 4.86. The first-order valence-electron chi connectivity index (χ1n) is 6.65. The second-order valence-electron chi connectivity index (χ2n) is 4.86. The van der Waals surface area contributed by atoms with E-state index < -0.39 is 11.8 Å². The average Bonchev–Trinajstić information content (AvgIpc) is 3.27. The number of carbonyl (C=O) groups excluding carboxylic acids is 1. The molecule has 1 aromatic rings. The van der Waals surface area contributed by atoms with Gasteiger partial charge in [0.05, 0.1) is 6.61 Å². The normalized spacial score (nSPS) is 14.4. The lowest BCUT2D eigenvalue weighted by molar-refractivity contribution is -0.131. The van der Waals surface area contributed by atoms with Crippen LogP contribution in [0.2, 0.25) is 0 Å². The minimum atomic E-state index is -1.17. The number of benzene rings is 1. The van der Waals surface area contributed by atoms with Crippen molar-refractivity contribution in [2.75, 3.05) is 13.2 Å². The molecule has 1 amide bonds. The van der Waals surface area contributed by atoms with Crippen LogP contribution in [-0.4, -0.2) is 46.2 Å². The first kappa shape index (κ1) is 15.2. The summed E-state index contributed by atoms with van der Waals surface area (Å²) >= 11 is 0. The van der Waals surface area contributed by atoms with Crippen LogP contribution in [0, 0.1) is 5.82 Å². The molecule has 0 aromatic heterocycles. The standard InChI is InChI=1S/C15H16FNO4/c16-13-9-11(2-1-10(13)3-6-14(19)20)15(21)17(7-8-18)12-4-5-12/h1-3,6,9,12,18H,4-5,7-8H2,(H,19,20). The van der Waals surface area contributed by atoms with Gasteiger partial charge in [-0.3, -0.25) is 4.79 Å². The van der Waals surface area contributed by atoms with Crippen molar-refractivity contribution in [2.45, 2.75) is 18.9 Å². The van der Waals surface area contributed by atoms with Crippen molar-refractivity contribution >= 4 is 18.0 Å². The fourth-order valence-corrected chi connectivity index (χ4v) is 2.07. The third-order valence-corrected chi connectivity index (χ3v) is 3.24. The summed E-state index contributed by atoms with van der Waals surface area (Å²) in [6, 6.07) is 4.04. The quantitative estimate of drug-likeness (QED) is 0.780. The van der Waals surface area contributed by atoms with Crippen molar-refractivity contribution in [3.8, 4) is 0 Å². The Balaban J connectivity index is 2.18. The number of nitrogens with zero attached hydrogens (tertiary/aromatic N) is 1. The largest absolute Gasteiger partial charge is 0.478 e. The molecule has 112 valence electrons. The lowest BCUT2D eigenvalue weighted by atomic mass is 10.1. The number of aliphatic carboxylic acids is 1. The molecule has 21 heavy (non-hydrogen) atoms. The summed E-state index contributed by atoms with van der Waals surface area (Å²) in [4.78, 5) is 24.2. The lowest BCUT2D eigenvalue weighted by Crippen LogP contribution is -2.35. The van der Waals surface area contributed by atoms with Crippen molar-refractivity contribution in [3.63, 3.8) is 0 Å². The second kappa shape index (κ2) is 6.49. The molecule has 2 N–H and O–H groups in total. The van der Waals surface area contributed by atoms with Crippen LogP contribution in [0.1, 0.15) is 28.8 Å². The van der Waals surface area contributed by atoms with Crippen molar-refractivity contribution in [1.29, 1.82) is 0 Å². The number of amides is 1. The van der Waals surface area contributed by atoms with Gasteiger partial charge in [-0.25, -0.2) is 9.18 Å². The van der Waals surface area contributed by atoms with Gasteiger partial charge >= 0.3 is 5.97 Å². The zero-order valence-corrected chi connectivity index (χ0v) is 11.3. The Morgan fingerprint density at radius 2 is 2.10 bits per heavy atom. The molecule has 1 saturated carbocycles. The van der Waals surface area contributed by atoms with E-state index in [-0.39, 0.29) is 36.2 Å². The molecule has 0 spiro atoms. The molecule has 0 unspecified atom stereocenters. The van der Waals surface area contributed by atoms with E-state index >= 15 is 0 Å². The van der Waals surface area contributed by atoms with E-state index in [4.69, 9.17) is 10.2 Å². The van der Waals surface area contributed by atoms with Gasteiger partial charge in [-0.15, -0.1) is 0 Å². The molecule has 1 aliphatic carbocycles. The highest BCUT2D eigenvalue weighted by Gasteiger charge is 2.32. The van der Waals surface area contributed by atoms with Crippen LogP contribution < -0.4 is 0 Å². The summed E-state index contributed by atoms with van der Waals surface area (Å²) in [7, 11) is 0. The minimum absolute atomic E-state index is 0.106. The summed E-state index contributed by atoms with van der Waals surface area (Å²) in [5, 5.41) is 17.5. The summed E-state index contributed by atoms with van der Waals surface area (Å²) in [5.41, 5.74) is 0.300. The SMILES string of the molecule is O=C(O)C=Cc1ccc(C(=O)N(CCO)C2CC2)cc1F. The number of rotatable bonds is 6. The molecular weight excluding hydrogens is 277 g/mol. The average molecular weight is 293 g/mol. The number of aliphatic hydroxyl groups is 1. The molecule has 1 aromatic carbocycles. The predicted molar refractivity (Wildman–Crippen MR) is 74.2 cm³/mol. The number of aliphatic hydroxyl groups excluding tert-OH is 1. The van der Waals surface area contributed by atoms with Gasteiger partial charge in [0, 0.05) is 29.8 Å². The van der Waals surface area contributed by atoms with E-state index in [0.717, 1.165) is 31.1 Å². The number of hydrogen-bond donors (Lipinski definition) is 2. The third-order valence-electron chi connectivity index (χ3n) is 3.24. The molecule has 0 aliphatic heterocycles. The van der Waals surface area contributed by atoms with Gasteiger partial charge in [-0.05, 0) is 31.1 Å². The van der Waals surface area contributed by atoms with Gasteiger partial charge in [-0.1, -0.05) is 6.07 Å². The van der Waals surface area contributed by atoms with Crippen LogP contribution >= 0.6 is 0 Å². The van der Waals surface area contributed by atoms with E-state index in [9.17, 15) is 14.0 Å². The predicted octanol–water partition coefficient (Wildman–Crippen LogP) is 1.52. The molecule has 5 nitrogen and oxygen atoms in total. The van der Waals surface area contributed by atoms with Gasteiger partial charge in [0.1, 0.15) is 5.82 Å². The van der Waals surface area contributed by atoms with Crippen LogP contribution in [0.3, 0.4) is 0 Å². The highest BCUT2D eigenvalue weighted by molar-refractivity contribution is 5.95. The van der Waals surface area contributed by atoms with E-state index in [1.54, 1.807) is 4.90 Å². The highest BCUT2D eigenvalue weighted by atomic mass is 19.1. The Hall–Kier alpha value is -2.21. The van der Waals surface area contributed by atoms with Gasteiger partial charge in [0.2, 0.25) is 0 Å². The molecule has 0 saturated heterocycles. The first-order chi connectivity index (χ1) is 10.0. The Morgan fingerprint density at radius 1 is 1.38 bits per heavy atom. The van der Waals surface area contributed by atoms with Gasteiger partial charge < -0.3 is 15.1 Å². The molecule has 6 heteroatoms. The van der Waals surface area contributed by atoms with Crippen molar-refractivity contribution in [1.82, 2.24) is 4.90 Å². The smallest absolute Gasteiger partial charge is 0.328 e. The molecule has 0 atom stereocenters. The maximum Gasteiger partial charge on any atom is 0.328 e. The van der Waals surface area contributed by atoms with Crippen LogP contribution in [0.4, 0.5) is 4.39 Å². The summed E-state index contributed by atoms with van der Waals surface area (Å²) in [5.74, 6) is -2.14. The monoisotopic (exact) mass is 293 g/mol. The third kappa shape index (κ3) is 3.88. The Kier molecular flexibility index (Phi) is 4.70. The minimum Gasteiger partial charge on any atom is -0.478 e. The zero-order chi connectivity index (χ0) is 15.4. The number of carbonyl (C=O) groups is 2. The van der Waals surface area contributed by atoms with Crippen LogP contribution in [-0.2, 0) is 4.79 Å². The number of carboxylic acid groups (broad SMARTS) is 1. The van der Waals surface area contributed by atoms with Crippen molar-refractivity contribution in [2.24, 2.45) is 0 Å². The maximum absolute atomic E-state index is 13.9. The number of carboxylic acids is 1. The molecule has 0 heterocycles. The molecule has 1 aliphatic rings. The Labute approximate surface area is 121 Å². The summed E-state index contributed by atoms with van der Waals surface area (Å²) in [6.07, 6.45) is 3.77. The van der Waals surface area contributed by atoms with Crippen molar-refractivity contribution < 1.29 is 24.2 Å². The van der Waals surface area contributed by atoms with Gasteiger partial charge in [0.25, 0.3) is 5.91 Å². The van der Waals surface area contributed by atoms with Crippen LogP contribution in [0.5, 0.6) is 0 Å². The van der Waals surface area contributed by atoms with Crippen molar-refractivity contribution in [3.05, 3.63) is 41.2 Å². The first-order valence-corrected chi connectivity index (χ1v) is 6.65. The Morgan fingerprint density at radius 3 is 2.62 bits per heavy atom. The molecule has 2 rings (SSSR count). The lowest BCUT2D eigenvalue weighted by Gasteiger charge is -2.21. The van der Waals surface area contributed by atoms with E-state index in [1.807, 2.05) is 0 Å². The summed E-state index contributed by atoms with van der Waals surface area (Å²) in [6.45, 7) is 0.0932. The highest BCUT2D eigenvalue weighted by Crippen LogP contribution is 2.28. The van der Waals surface area contributed by atoms with Gasteiger partial charge in [-0.2, -0.15) is 0 Å². The topological polar surface area (TPSA) is 77.8 Å². The zero-order valence-electron chi connectivity index (χ0n) is 11.3.